The van der Waals surface area contributed by atoms with Gasteiger partial charge in [-0.25, -0.2) is 24.0 Å². The third-order valence-electron chi connectivity index (χ3n) is 12.0. The number of nitrogens with zero attached hydrogens (tertiary/aromatic N) is 5. The van der Waals surface area contributed by atoms with Crippen molar-refractivity contribution in [3.63, 3.8) is 0 Å². The van der Waals surface area contributed by atoms with E-state index in [1.54, 1.807) is 52.3 Å². The molecule has 63 heavy (non-hydrogen) atoms. The van der Waals surface area contributed by atoms with Crippen molar-refractivity contribution < 1.29 is 34.1 Å². The Balaban J connectivity index is 0.767. The maximum atomic E-state index is 14.0. The van der Waals surface area contributed by atoms with E-state index in [9.17, 15) is 24.6 Å². The molecule has 0 unspecified atom stereocenters. The molecule has 7 aromatic rings. The topological polar surface area (TPSA) is 183 Å². The van der Waals surface area contributed by atoms with Crippen LogP contribution in [0.15, 0.2) is 128 Å². The lowest BCUT2D eigenvalue weighted by Gasteiger charge is -2.36. The van der Waals surface area contributed by atoms with Gasteiger partial charge in [-0.3, -0.25) is 4.90 Å². The highest BCUT2D eigenvalue weighted by atomic mass is 16.6. The van der Waals surface area contributed by atoms with Gasteiger partial charge in [-0.15, -0.1) is 0 Å². The van der Waals surface area contributed by atoms with Crippen molar-refractivity contribution in [2.75, 3.05) is 33.5 Å². The number of ether oxygens (including phenoxy) is 2. The Morgan fingerprint density at radius 1 is 0.841 bits per heavy atom. The number of aryl methyl sites for hydroxylation is 1. The van der Waals surface area contributed by atoms with Gasteiger partial charge in [0.05, 0.1) is 34.9 Å². The molecule has 5 N–H and O–H groups in total. The number of benzene rings is 5. The van der Waals surface area contributed by atoms with Crippen molar-refractivity contribution in [2.45, 2.75) is 31.5 Å². The fourth-order valence-electron chi connectivity index (χ4n) is 9.08. The van der Waals surface area contributed by atoms with Crippen LogP contribution < -0.4 is 30.5 Å². The maximum absolute atomic E-state index is 14.0. The highest BCUT2D eigenvalue weighted by Crippen LogP contribution is 2.57. The predicted molar refractivity (Wildman–Crippen MR) is 234 cm³/mol. The fraction of sp³-hybridized carbons (Fsp3) is 0.146. The third kappa shape index (κ3) is 6.40. The van der Waals surface area contributed by atoms with Crippen molar-refractivity contribution in [3.05, 3.63) is 161 Å². The number of carbonyl (C=O) groups is 3. The number of carbonyl (C=O) groups excluding carboxylic acids is 3. The van der Waals surface area contributed by atoms with Crippen LogP contribution in [0.1, 0.15) is 44.6 Å². The lowest BCUT2D eigenvalue weighted by atomic mass is 9.77. The van der Waals surface area contributed by atoms with E-state index in [-0.39, 0.29) is 47.2 Å². The largest absolute Gasteiger partial charge is 0.508 e. The number of phenolic OH excluding ortho intramolecular Hbond substituents is 2. The van der Waals surface area contributed by atoms with Crippen molar-refractivity contribution in [1.82, 2.24) is 20.1 Å². The summed E-state index contributed by atoms with van der Waals surface area (Å²) in [7, 11) is 0. The molecule has 1 spiro atoms. The van der Waals surface area contributed by atoms with Crippen LogP contribution in [0, 0.1) is 6.92 Å². The third-order valence-corrected chi connectivity index (χ3v) is 12.0. The lowest BCUT2D eigenvalue weighted by molar-refractivity contribution is 0.0224. The number of hydrogen-bond acceptors (Lipinski definition) is 10. The minimum absolute atomic E-state index is 0.00655. The highest BCUT2D eigenvalue weighted by Gasteiger charge is 2.54. The molecule has 4 aliphatic rings. The molecule has 0 radical (unpaired) electrons. The van der Waals surface area contributed by atoms with Gasteiger partial charge in [0, 0.05) is 77.2 Å². The molecule has 2 aromatic heterocycles. The molecule has 4 aliphatic heterocycles. The number of pyridine rings is 1. The number of esters is 1. The summed E-state index contributed by atoms with van der Waals surface area (Å²) in [5, 5.41) is 33.7. The van der Waals surface area contributed by atoms with Crippen LogP contribution in [0.5, 0.6) is 23.0 Å². The number of phenols is 2. The summed E-state index contributed by atoms with van der Waals surface area (Å²) in [6.07, 6.45) is 4.28. The van der Waals surface area contributed by atoms with Gasteiger partial charge in [0.1, 0.15) is 23.0 Å². The Bertz CT molecular complexity index is 3010. The molecule has 11 rings (SSSR count). The minimum Gasteiger partial charge on any atom is -0.508 e. The molecule has 1 atom stereocenters. The first kappa shape index (κ1) is 37.7. The molecule has 312 valence electrons. The molecule has 1 saturated heterocycles. The van der Waals surface area contributed by atoms with Gasteiger partial charge >= 0.3 is 18.0 Å². The molecule has 0 aliphatic carbocycles. The summed E-state index contributed by atoms with van der Waals surface area (Å²) in [4.78, 5) is 49.8. The Morgan fingerprint density at radius 3 is 2.40 bits per heavy atom. The zero-order chi connectivity index (χ0) is 43.0. The molecule has 2 bridgehead atoms. The zero-order valence-electron chi connectivity index (χ0n) is 33.7. The van der Waals surface area contributed by atoms with Crippen LogP contribution in [-0.4, -0.2) is 62.1 Å². The molecular weight excluding hydrogens is 801 g/mol. The first-order valence-corrected chi connectivity index (χ1v) is 20.4. The van der Waals surface area contributed by atoms with E-state index >= 15 is 0 Å². The number of fused-ring (bicyclic) bond motifs is 10. The number of nitrogens with one attached hydrogen (secondary N) is 3. The summed E-state index contributed by atoms with van der Waals surface area (Å²) in [5.41, 5.74) is 6.62. The van der Waals surface area contributed by atoms with Crippen LogP contribution in [0.4, 0.5) is 32.5 Å². The standard InChI is InChI=1S/C48H38N8O7/c1-27-4-2-5-29(18-27)40-14-15-41-44(53-40)56(33-16-17-54(41)26-33)47(61)52-30-6-3-7-32(19-30)55-25-28(24-50-55)23-49-46(60)51-31-8-11-37-36(20-31)45(59)63-48(37)38-12-9-34(57)21-42(38)62-43-22-35(58)10-13-39(43)48/h2-15,18-22,24-25,33,57-58H,16-17,23,26H2,1H3,(H,52,61)(H2,49,51,60)/t33-/m0/s1. The van der Waals surface area contributed by atoms with E-state index in [4.69, 9.17) is 14.5 Å². The zero-order valence-corrected chi connectivity index (χ0v) is 33.7. The van der Waals surface area contributed by atoms with E-state index in [1.165, 1.54) is 24.3 Å². The molecule has 6 heterocycles. The van der Waals surface area contributed by atoms with E-state index in [2.05, 4.69) is 38.1 Å². The average Bonchev–Trinajstić information content (AvgIpc) is 4.00. The van der Waals surface area contributed by atoms with Crippen molar-refractivity contribution in [3.8, 4) is 39.9 Å². The molecule has 15 heteroatoms. The summed E-state index contributed by atoms with van der Waals surface area (Å²) < 4.78 is 13.8. The van der Waals surface area contributed by atoms with Gasteiger partial charge in [-0.2, -0.15) is 5.10 Å². The summed E-state index contributed by atoms with van der Waals surface area (Å²) >= 11 is 0. The van der Waals surface area contributed by atoms with E-state index in [0.717, 1.165) is 47.6 Å². The van der Waals surface area contributed by atoms with Gasteiger partial charge in [0.25, 0.3) is 0 Å². The SMILES string of the molecule is Cc1cccc(-c2ccc3c(n2)N(C(=O)Nc2cccc(-n4cc(CNC(=O)Nc5ccc6c(c5)C(=O)OC65c6ccc(O)cc6Oc6cc(O)ccc65)cn4)c2)[C@H]2CCN3C2)c1. The second kappa shape index (κ2) is 14.4. The average molecular weight is 839 g/mol. The second-order valence-corrected chi connectivity index (χ2v) is 16.0. The van der Waals surface area contributed by atoms with Gasteiger partial charge in [-0.1, -0.05) is 35.9 Å². The smallest absolute Gasteiger partial charge is 0.340 e. The summed E-state index contributed by atoms with van der Waals surface area (Å²) in [5.74, 6) is 0.495. The van der Waals surface area contributed by atoms with Gasteiger partial charge < -0.3 is 40.5 Å². The number of anilines is 4. The van der Waals surface area contributed by atoms with Crippen LogP contribution in [0.2, 0.25) is 0 Å². The quantitative estimate of drug-likeness (QED) is 0.102. The second-order valence-electron chi connectivity index (χ2n) is 16.0. The van der Waals surface area contributed by atoms with Crippen LogP contribution in [-0.2, 0) is 16.9 Å². The molecule has 5 aromatic carbocycles. The maximum Gasteiger partial charge on any atom is 0.340 e. The molecule has 0 saturated carbocycles. The summed E-state index contributed by atoms with van der Waals surface area (Å²) in [6, 6.07) is 32.9. The number of urea groups is 2. The van der Waals surface area contributed by atoms with Crippen LogP contribution in [0.25, 0.3) is 16.9 Å². The van der Waals surface area contributed by atoms with Crippen LogP contribution >= 0.6 is 0 Å². The van der Waals surface area contributed by atoms with E-state index in [1.807, 2.05) is 55.5 Å². The monoisotopic (exact) mass is 838 g/mol. The minimum atomic E-state index is -1.41. The molecule has 4 amide bonds. The number of rotatable bonds is 6. The highest BCUT2D eigenvalue weighted by molar-refractivity contribution is 6.05. The normalized spacial score (nSPS) is 16.0. The predicted octanol–water partition coefficient (Wildman–Crippen LogP) is 8.17. The van der Waals surface area contributed by atoms with Gasteiger partial charge in [-0.05, 0) is 86.1 Å². The number of hydrogen-bond donors (Lipinski definition) is 5. The fourth-order valence-corrected chi connectivity index (χ4v) is 9.08. The molecule has 1 fully saturated rings. The Labute approximate surface area is 360 Å². The van der Waals surface area contributed by atoms with E-state index < -0.39 is 17.6 Å². The number of aromatic hydroxyl groups is 2. The van der Waals surface area contributed by atoms with Gasteiger partial charge in [0.2, 0.25) is 0 Å². The first-order chi connectivity index (χ1) is 30.6. The Morgan fingerprint density at radius 2 is 1.60 bits per heavy atom. The Hall–Kier alpha value is -8.33. The van der Waals surface area contributed by atoms with Crippen molar-refractivity contribution in [1.29, 1.82) is 0 Å². The summed E-state index contributed by atoms with van der Waals surface area (Å²) in [6.45, 7) is 3.80. The Kier molecular flexibility index (Phi) is 8.61. The van der Waals surface area contributed by atoms with E-state index in [0.29, 0.717) is 39.6 Å². The van der Waals surface area contributed by atoms with Crippen LogP contribution in [0.3, 0.4) is 0 Å². The first-order valence-electron chi connectivity index (χ1n) is 20.4. The number of amides is 4. The van der Waals surface area contributed by atoms with Gasteiger partial charge in [0.15, 0.2) is 11.4 Å². The lowest BCUT2D eigenvalue weighted by Crippen LogP contribution is -2.48. The number of aromatic nitrogens is 3. The van der Waals surface area contributed by atoms with Crippen molar-refractivity contribution >= 4 is 40.9 Å². The molecular formula is C48H38N8O7. The van der Waals surface area contributed by atoms with Crippen molar-refractivity contribution in [2.24, 2.45) is 0 Å². The molecule has 15 nitrogen and oxygen atoms in total.